The number of rotatable bonds is 2. The normalized spacial score (nSPS) is 11.3. The predicted molar refractivity (Wildman–Crippen MR) is 34.0 cm³/mol. The van der Waals surface area contributed by atoms with Crippen LogP contribution in [-0.4, -0.2) is 33.0 Å². The van der Waals surface area contributed by atoms with E-state index in [4.69, 9.17) is 0 Å². The maximum atomic E-state index is 11.0. The van der Waals surface area contributed by atoms with E-state index in [-0.39, 0.29) is 25.2 Å². The van der Waals surface area contributed by atoms with E-state index in [9.17, 15) is 12.8 Å². The largest absolute Gasteiger partial charge is 0.228 e. The Bertz CT molecular complexity index is 176. The molecule has 0 aromatic carbocycles. The van der Waals surface area contributed by atoms with Crippen LogP contribution in [0.4, 0.5) is 4.39 Å². The first-order valence-electron chi connectivity index (χ1n) is 1.82. The van der Waals surface area contributed by atoms with E-state index in [2.05, 4.69) is 5.14 Å². The van der Waals surface area contributed by atoms with Gasteiger partial charge in [-0.3, -0.25) is 0 Å². The van der Waals surface area contributed by atoms with Gasteiger partial charge in [-0.2, -0.15) is 0 Å². The molecule has 3 nitrogen and oxygen atoms in total. The Morgan fingerprint density at radius 3 is 2.11 bits per heavy atom. The van der Waals surface area contributed by atoms with Crippen LogP contribution in [0, 0.1) is 0 Å². The Morgan fingerprint density at radius 1 is 1.56 bits per heavy atom. The monoisotopic (exact) mass is 146 g/mol. The van der Waals surface area contributed by atoms with Gasteiger partial charge in [0.1, 0.15) is 0 Å². The van der Waals surface area contributed by atoms with Crippen molar-refractivity contribution in [3.8, 4) is 0 Å². The first-order chi connectivity index (χ1) is 3.56. The number of primary sulfonamides is 1. The summed E-state index contributed by atoms with van der Waals surface area (Å²) < 4.78 is 30.9. The molecular weight excluding hydrogens is 140 g/mol. The molecule has 0 aliphatic rings. The van der Waals surface area contributed by atoms with Crippen molar-refractivity contribution in [2.75, 3.05) is 5.75 Å². The average molecular weight is 146 g/mol. The maximum absolute atomic E-state index is 11.0. The summed E-state index contributed by atoms with van der Waals surface area (Å²) in [5.41, 5.74) is 0. The van der Waals surface area contributed by atoms with Crippen molar-refractivity contribution >= 4 is 28.9 Å². The molecular formula is C3H6FLiNO2S. The Morgan fingerprint density at radius 2 is 2.00 bits per heavy atom. The van der Waals surface area contributed by atoms with Crippen LogP contribution in [-0.2, 0) is 10.0 Å². The predicted octanol–water partition coefficient (Wildman–Crippen LogP) is -0.623. The third kappa shape index (κ3) is 11.6. The molecule has 49 valence electrons. The Kier molecular flexibility index (Phi) is 6.62. The molecule has 0 fully saturated rings. The van der Waals surface area contributed by atoms with Crippen molar-refractivity contribution < 1.29 is 12.8 Å². The molecule has 0 atom stereocenters. The van der Waals surface area contributed by atoms with E-state index in [1.54, 1.807) is 0 Å². The molecule has 1 radical (unpaired) electrons. The van der Waals surface area contributed by atoms with Crippen molar-refractivity contribution in [2.45, 2.75) is 0 Å². The molecule has 0 heterocycles. The van der Waals surface area contributed by atoms with Crippen molar-refractivity contribution in [3.63, 3.8) is 0 Å². The zero-order chi connectivity index (χ0) is 6.62. The minimum absolute atomic E-state index is 0. The molecule has 0 aliphatic heterocycles. The molecule has 6 heteroatoms. The maximum Gasteiger partial charge on any atom is 0.212 e. The molecule has 0 unspecified atom stereocenters. The minimum atomic E-state index is -3.51. The molecule has 0 rings (SSSR count). The van der Waals surface area contributed by atoms with Gasteiger partial charge in [-0.25, -0.2) is 17.9 Å². The van der Waals surface area contributed by atoms with Gasteiger partial charge in [0.25, 0.3) is 0 Å². The zero-order valence-corrected chi connectivity index (χ0v) is 5.86. The van der Waals surface area contributed by atoms with Gasteiger partial charge in [0.2, 0.25) is 10.0 Å². The summed E-state index contributed by atoms with van der Waals surface area (Å²) in [7, 11) is -3.51. The van der Waals surface area contributed by atoms with Gasteiger partial charge in [-0.15, -0.1) is 0 Å². The van der Waals surface area contributed by atoms with Crippen LogP contribution in [0.3, 0.4) is 0 Å². The van der Waals surface area contributed by atoms with E-state index in [1.807, 2.05) is 0 Å². The fourth-order valence-electron chi connectivity index (χ4n) is 0.170. The molecule has 0 spiro atoms. The summed E-state index contributed by atoms with van der Waals surface area (Å²) in [6.45, 7) is 0. The molecule has 0 aromatic heterocycles. The third-order valence-electron chi connectivity index (χ3n) is 0.418. The summed E-state index contributed by atoms with van der Waals surface area (Å²) in [5, 5.41) is 4.48. The van der Waals surface area contributed by atoms with Crippen molar-refractivity contribution in [1.82, 2.24) is 0 Å². The van der Waals surface area contributed by atoms with E-state index >= 15 is 0 Å². The van der Waals surface area contributed by atoms with Gasteiger partial charge in [-0.1, -0.05) is 0 Å². The second kappa shape index (κ2) is 5.00. The second-order valence-corrected chi connectivity index (χ2v) is 2.85. The number of sulfonamides is 1. The molecule has 9 heavy (non-hydrogen) atoms. The van der Waals surface area contributed by atoms with E-state index in [1.165, 1.54) is 0 Å². The molecule has 0 saturated heterocycles. The summed E-state index contributed by atoms with van der Waals surface area (Å²) in [5.74, 6) is -0.441. The van der Waals surface area contributed by atoms with Crippen LogP contribution < -0.4 is 5.14 Å². The number of nitrogens with two attached hydrogens (primary N) is 1. The fraction of sp³-hybridized carbons (Fsp3) is 0.333. The number of halogens is 1. The Balaban J connectivity index is 0. The molecule has 0 bridgehead atoms. The van der Waals surface area contributed by atoms with Crippen LogP contribution in [0.2, 0.25) is 0 Å². The van der Waals surface area contributed by atoms with Gasteiger partial charge in [0, 0.05) is 18.9 Å². The Labute approximate surface area is 65.3 Å². The number of hydrogen-bond donors (Lipinski definition) is 1. The standard InChI is InChI=1S/C3H6FNO2S.Li/c4-2-1-3-8(5,6)7;/h1-2H,3H2,(H2,5,6,7);. The SMILES string of the molecule is NS(=O)(=O)CC=CF.[Li]. The van der Waals surface area contributed by atoms with Gasteiger partial charge >= 0.3 is 0 Å². The van der Waals surface area contributed by atoms with Gasteiger partial charge in [0.05, 0.1) is 12.1 Å². The average Bonchev–Trinajstić information content (AvgIpc) is 1.59. The second-order valence-electron chi connectivity index (χ2n) is 1.19. The van der Waals surface area contributed by atoms with Crippen molar-refractivity contribution in [3.05, 3.63) is 12.4 Å². The fourth-order valence-corrected chi connectivity index (χ4v) is 0.511. The van der Waals surface area contributed by atoms with Crippen molar-refractivity contribution in [2.24, 2.45) is 5.14 Å². The Hall–Kier alpha value is 0.177. The van der Waals surface area contributed by atoms with Crippen LogP contribution >= 0.6 is 0 Å². The van der Waals surface area contributed by atoms with Crippen LogP contribution in [0.25, 0.3) is 0 Å². The molecule has 0 saturated carbocycles. The molecule has 0 aromatic rings. The van der Waals surface area contributed by atoms with E-state index < -0.39 is 15.8 Å². The van der Waals surface area contributed by atoms with Crippen LogP contribution in [0.5, 0.6) is 0 Å². The molecule has 0 amide bonds. The van der Waals surface area contributed by atoms with Gasteiger partial charge in [0.15, 0.2) is 0 Å². The van der Waals surface area contributed by atoms with Crippen molar-refractivity contribution in [1.29, 1.82) is 0 Å². The molecule has 2 N–H and O–H groups in total. The first kappa shape index (κ1) is 11.9. The van der Waals surface area contributed by atoms with Crippen LogP contribution in [0.1, 0.15) is 0 Å². The smallest absolute Gasteiger partial charge is 0.212 e. The van der Waals surface area contributed by atoms with Gasteiger partial charge in [-0.05, 0) is 6.08 Å². The summed E-state index contributed by atoms with van der Waals surface area (Å²) >= 11 is 0. The summed E-state index contributed by atoms with van der Waals surface area (Å²) in [6, 6.07) is 0. The van der Waals surface area contributed by atoms with E-state index in [0.29, 0.717) is 0 Å². The third-order valence-corrected chi connectivity index (χ3v) is 1.07. The quantitative estimate of drug-likeness (QED) is 0.527. The molecule has 0 aliphatic carbocycles. The first-order valence-corrected chi connectivity index (χ1v) is 3.53. The summed E-state index contributed by atoms with van der Waals surface area (Å²) in [6.07, 6.45) is 0.972. The minimum Gasteiger partial charge on any atom is -0.228 e. The van der Waals surface area contributed by atoms with Gasteiger partial charge < -0.3 is 0 Å². The topological polar surface area (TPSA) is 60.2 Å². The summed E-state index contributed by atoms with van der Waals surface area (Å²) in [4.78, 5) is 0. The van der Waals surface area contributed by atoms with Crippen LogP contribution in [0.15, 0.2) is 12.4 Å². The zero-order valence-electron chi connectivity index (χ0n) is 5.04. The van der Waals surface area contributed by atoms with E-state index in [0.717, 1.165) is 6.08 Å². The number of hydrogen-bond acceptors (Lipinski definition) is 2.